The smallest absolute Gasteiger partial charge is 0.193 e. The Labute approximate surface area is 175 Å². The Bertz CT molecular complexity index is 1110. The van der Waals surface area contributed by atoms with E-state index in [1.54, 1.807) is 50.9 Å². The second kappa shape index (κ2) is 8.57. The normalized spacial score (nSPS) is 10.5. The van der Waals surface area contributed by atoms with Crippen molar-refractivity contribution in [3.63, 3.8) is 0 Å². The number of pyridine rings is 2. The molecule has 4 rings (SSSR count). The quantitative estimate of drug-likeness (QED) is 0.426. The number of carbonyl (C=O) groups excluding carboxylic acids is 1. The van der Waals surface area contributed by atoms with Gasteiger partial charge in [-0.3, -0.25) is 14.8 Å². The van der Waals surface area contributed by atoms with Crippen LogP contribution in [0.3, 0.4) is 0 Å². The molecule has 2 heterocycles. The van der Waals surface area contributed by atoms with Crippen LogP contribution in [0.15, 0.2) is 85.2 Å². The van der Waals surface area contributed by atoms with Crippen molar-refractivity contribution in [2.45, 2.75) is 0 Å². The molecule has 0 unspecified atom stereocenters. The standard InChI is InChI=1S/C25H20N2O3/c1-29-23-9-5-3-7-19(23)21-15-17(11-13-26-21)25(28)18-12-14-27-22(16-18)20-8-4-6-10-24(20)30-2/h3-16H,1-2H3. The fourth-order valence-corrected chi connectivity index (χ4v) is 3.32. The number of carbonyl (C=O) groups is 1. The van der Waals surface area contributed by atoms with Crippen LogP contribution in [0.1, 0.15) is 15.9 Å². The Hall–Kier alpha value is -3.99. The van der Waals surface area contributed by atoms with Gasteiger partial charge in [0.1, 0.15) is 11.5 Å². The second-order valence-corrected chi connectivity index (χ2v) is 6.59. The van der Waals surface area contributed by atoms with Gasteiger partial charge in [-0.1, -0.05) is 24.3 Å². The zero-order chi connectivity index (χ0) is 20.9. The number of nitrogens with zero attached hydrogens (tertiary/aromatic N) is 2. The minimum absolute atomic E-state index is 0.105. The van der Waals surface area contributed by atoms with E-state index in [9.17, 15) is 4.79 Å². The number of para-hydroxylation sites is 2. The average molecular weight is 396 g/mol. The van der Waals surface area contributed by atoms with Gasteiger partial charge in [0.05, 0.1) is 25.6 Å². The third-order valence-electron chi connectivity index (χ3n) is 4.81. The van der Waals surface area contributed by atoms with Crippen molar-refractivity contribution >= 4 is 5.78 Å². The lowest BCUT2D eigenvalue weighted by atomic mass is 10.0. The molecule has 0 aliphatic carbocycles. The first-order valence-electron chi connectivity index (χ1n) is 9.45. The molecule has 0 spiro atoms. The number of aromatic nitrogens is 2. The predicted octanol–water partition coefficient (Wildman–Crippen LogP) is 5.06. The highest BCUT2D eigenvalue weighted by atomic mass is 16.5. The molecule has 2 aromatic heterocycles. The number of methoxy groups -OCH3 is 2. The lowest BCUT2D eigenvalue weighted by Gasteiger charge is -2.10. The summed E-state index contributed by atoms with van der Waals surface area (Å²) in [6, 6.07) is 22.2. The molecule has 0 bridgehead atoms. The van der Waals surface area contributed by atoms with Crippen LogP contribution < -0.4 is 9.47 Å². The summed E-state index contributed by atoms with van der Waals surface area (Å²) in [7, 11) is 3.23. The first kappa shape index (κ1) is 19.3. The molecule has 0 atom stereocenters. The zero-order valence-corrected chi connectivity index (χ0v) is 16.7. The average Bonchev–Trinajstić information content (AvgIpc) is 2.83. The largest absolute Gasteiger partial charge is 0.496 e. The Morgan fingerprint density at radius 1 is 0.667 bits per heavy atom. The Morgan fingerprint density at radius 2 is 1.10 bits per heavy atom. The molecule has 5 nitrogen and oxygen atoms in total. The highest BCUT2D eigenvalue weighted by molar-refractivity contribution is 6.09. The molecule has 0 aliphatic rings. The second-order valence-electron chi connectivity index (χ2n) is 6.59. The molecular formula is C25H20N2O3. The van der Waals surface area contributed by atoms with Crippen molar-refractivity contribution in [2.75, 3.05) is 14.2 Å². The van der Waals surface area contributed by atoms with E-state index in [2.05, 4.69) is 9.97 Å². The molecule has 2 aromatic carbocycles. The maximum Gasteiger partial charge on any atom is 0.193 e. The fraction of sp³-hybridized carbons (Fsp3) is 0.0800. The third kappa shape index (κ3) is 3.78. The minimum Gasteiger partial charge on any atom is -0.496 e. The van der Waals surface area contributed by atoms with Gasteiger partial charge in [-0.2, -0.15) is 0 Å². The number of ketones is 1. The SMILES string of the molecule is COc1ccccc1-c1cc(C(=O)c2ccnc(-c3ccccc3OC)c2)ccn1. The van der Waals surface area contributed by atoms with E-state index in [1.807, 2.05) is 48.5 Å². The van der Waals surface area contributed by atoms with Crippen LogP contribution in [0.4, 0.5) is 0 Å². The van der Waals surface area contributed by atoms with Crippen LogP contribution in [-0.2, 0) is 0 Å². The number of benzene rings is 2. The maximum atomic E-state index is 13.2. The van der Waals surface area contributed by atoms with E-state index in [4.69, 9.17) is 9.47 Å². The summed E-state index contributed by atoms with van der Waals surface area (Å²) < 4.78 is 10.9. The molecule has 148 valence electrons. The Morgan fingerprint density at radius 3 is 1.53 bits per heavy atom. The van der Waals surface area contributed by atoms with Crippen molar-refractivity contribution in [1.82, 2.24) is 9.97 Å². The molecule has 0 N–H and O–H groups in total. The van der Waals surface area contributed by atoms with Crippen molar-refractivity contribution in [3.8, 4) is 34.0 Å². The van der Waals surface area contributed by atoms with Crippen LogP contribution in [0, 0.1) is 0 Å². The number of hydrogen-bond acceptors (Lipinski definition) is 5. The van der Waals surface area contributed by atoms with Crippen LogP contribution >= 0.6 is 0 Å². The molecule has 0 radical (unpaired) electrons. The number of hydrogen-bond donors (Lipinski definition) is 0. The summed E-state index contributed by atoms with van der Waals surface area (Å²) in [6.45, 7) is 0. The molecule has 4 aromatic rings. The molecular weight excluding hydrogens is 376 g/mol. The van der Waals surface area contributed by atoms with E-state index < -0.39 is 0 Å². The van der Waals surface area contributed by atoms with Crippen molar-refractivity contribution < 1.29 is 14.3 Å². The lowest BCUT2D eigenvalue weighted by Crippen LogP contribution is -2.03. The molecule has 30 heavy (non-hydrogen) atoms. The topological polar surface area (TPSA) is 61.3 Å². The molecule has 0 amide bonds. The summed E-state index contributed by atoms with van der Waals surface area (Å²) in [5.41, 5.74) is 4.11. The zero-order valence-electron chi connectivity index (χ0n) is 16.7. The van der Waals surface area contributed by atoms with Crippen LogP contribution in [-0.4, -0.2) is 30.0 Å². The van der Waals surface area contributed by atoms with E-state index in [0.717, 1.165) is 11.1 Å². The van der Waals surface area contributed by atoms with Gasteiger partial charge in [0.25, 0.3) is 0 Å². The molecule has 0 aliphatic heterocycles. The maximum absolute atomic E-state index is 13.2. The van der Waals surface area contributed by atoms with E-state index >= 15 is 0 Å². The van der Waals surface area contributed by atoms with Crippen molar-refractivity contribution in [1.29, 1.82) is 0 Å². The highest BCUT2D eigenvalue weighted by Crippen LogP contribution is 2.30. The summed E-state index contributed by atoms with van der Waals surface area (Å²) in [5, 5.41) is 0. The molecule has 0 fully saturated rings. The summed E-state index contributed by atoms with van der Waals surface area (Å²) >= 11 is 0. The third-order valence-corrected chi connectivity index (χ3v) is 4.81. The highest BCUT2D eigenvalue weighted by Gasteiger charge is 2.15. The van der Waals surface area contributed by atoms with Crippen LogP contribution in [0.2, 0.25) is 0 Å². The van der Waals surface area contributed by atoms with Gasteiger partial charge >= 0.3 is 0 Å². The van der Waals surface area contributed by atoms with Gasteiger partial charge in [0.2, 0.25) is 0 Å². The van der Waals surface area contributed by atoms with Gasteiger partial charge < -0.3 is 9.47 Å². The predicted molar refractivity (Wildman–Crippen MR) is 116 cm³/mol. The Kier molecular flexibility index (Phi) is 5.52. The van der Waals surface area contributed by atoms with Gasteiger partial charge in [-0.25, -0.2) is 0 Å². The first-order valence-corrected chi connectivity index (χ1v) is 9.45. The summed E-state index contributed by atoms with van der Waals surface area (Å²) in [4.78, 5) is 22.0. The molecule has 0 saturated carbocycles. The lowest BCUT2D eigenvalue weighted by molar-refractivity contribution is 0.103. The minimum atomic E-state index is -0.105. The van der Waals surface area contributed by atoms with E-state index in [-0.39, 0.29) is 5.78 Å². The number of ether oxygens (including phenoxy) is 2. The van der Waals surface area contributed by atoms with Gasteiger partial charge in [-0.15, -0.1) is 0 Å². The Balaban J connectivity index is 1.71. The summed E-state index contributed by atoms with van der Waals surface area (Å²) in [5.74, 6) is 1.31. The number of rotatable bonds is 6. The van der Waals surface area contributed by atoms with E-state index in [0.29, 0.717) is 34.0 Å². The van der Waals surface area contributed by atoms with E-state index in [1.165, 1.54) is 0 Å². The molecule has 5 heteroatoms. The van der Waals surface area contributed by atoms with Crippen molar-refractivity contribution in [2.24, 2.45) is 0 Å². The van der Waals surface area contributed by atoms with Gasteiger partial charge in [-0.05, 0) is 48.5 Å². The van der Waals surface area contributed by atoms with Gasteiger partial charge in [0, 0.05) is 34.6 Å². The fourth-order valence-electron chi connectivity index (χ4n) is 3.32. The first-order chi connectivity index (χ1) is 14.7. The monoisotopic (exact) mass is 396 g/mol. The van der Waals surface area contributed by atoms with Crippen molar-refractivity contribution in [3.05, 3.63) is 96.3 Å². The summed E-state index contributed by atoms with van der Waals surface area (Å²) in [6.07, 6.45) is 3.27. The van der Waals surface area contributed by atoms with Crippen LogP contribution in [0.25, 0.3) is 22.5 Å². The van der Waals surface area contributed by atoms with Gasteiger partial charge in [0.15, 0.2) is 5.78 Å². The molecule has 0 saturated heterocycles. The van der Waals surface area contributed by atoms with Crippen LogP contribution in [0.5, 0.6) is 11.5 Å².